The molecule has 1 heterocycles. The van der Waals surface area contributed by atoms with E-state index in [4.69, 9.17) is 17.3 Å². The highest BCUT2D eigenvalue weighted by molar-refractivity contribution is 6.31. The van der Waals surface area contributed by atoms with Crippen molar-refractivity contribution in [2.45, 2.75) is 13.5 Å². The fourth-order valence-corrected chi connectivity index (χ4v) is 1.85. The first-order valence-electron chi connectivity index (χ1n) is 5.78. The molecule has 1 aromatic heterocycles. The molecule has 0 aliphatic heterocycles. The summed E-state index contributed by atoms with van der Waals surface area (Å²) in [6.45, 7) is 1.94. The molecule has 0 atom stereocenters. The SMILES string of the molecule is Cc1nccc(CNC(=O)c2cc(Cl)cc(F)c2N)n1. The summed E-state index contributed by atoms with van der Waals surface area (Å²) in [5, 5.41) is 2.71. The molecule has 7 heteroatoms. The molecular weight excluding hydrogens is 283 g/mol. The van der Waals surface area contributed by atoms with Gasteiger partial charge in [0.2, 0.25) is 0 Å². The Kier molecular flexibility index (Phi) is 4.14. The normalized spacial score (nSPS) is 10.3. The number of nitrogens with zero attached hydrogens (tertiary/aromatic N) is 2. The molecule has 104 valence electrons. The summed E-state index contributed by atoms with van der Waals surface area (Å²) in [5.74, 6) is -0.634. The number of carbonyl (C=O) groups excluding carboxylic acids is 1. The van der Waals surface area contributed by atoms with E-state index in [0.717, 1.165) is 6.07 Å². The minimum absolute atomic E-state index is 0.000720. The number of nitrogens with one attached hydrogen (secondary N) is 1. The van der Waals surface area contributed by atoms with Gasteiger partial charge in [-0.05, 0) is 25.1 Å². The topological polar surface area (TPSA) is 80.9 Å². The molecule has 5 nitrogen and oxygen atoms in total. The van der Waals surface area contributed by atoms with Crippen molar-refractivity contribution < 1.29 is 9.18 Å². The van der Waals surface area contributed by atoms with Crippen LogP contribution in [0.25, 0.3) is 0 Å². The first-order valence-corrected chi connectivity index (χ1v) is 6.16. The van der Waals surface area contributed by atoms with E-state index in [1.54, 1.807) is 19.2 Å². The van der Waals surface area contributed by atoms with Crippen LogP contribution >= 0.6 is 11.6 Å². The number of benzene rings is 1. The fraction of sp³-hybridized carbons (Fsp3) is 0.154. The third-order valence-corrected chi connectivity index (χ3v) is 2.82. The van der Waals surface area contributed by atoms with Gasteiger partial charge < -0.3 is 11.1 Å². The zero-order valence-corrected chi connectivity index (χ0v) is 11.4. The van der Waals surface area contributed by atoms with Crippen LogP contribution in [0.5, 0.6) is 0 Å². The maximum atomic E-state index is 13.4. The van der Waals surface area contributed by atoms with Crippen molar-refractivity contribution >= 4 is 23.2 Å². The predicted octanol–water partition coefficient (Wildman–Crippen LogP) is 2.09. The number of amides is 1. The Morgan fingerprint density at radius 3 is 2.95 bits per heavy atom. The number of nitrogens with two attached hydrogens (primary N) is 1. The van der Waals surface area contributed by atoms with Crippen molar-refractivity contribution in [3.8, 4) is 0 Å². The summed E-state index contributed by atoms with van der Waals surface area (Å²) in [5.41, 5.74) is 5.94. The van der Waals surface area contributed by atoms with Gasteiger partial charge >= 0.3 is 0 Å². The van der Waals surface area contributed by atoms with E-state index in [1.165, 1.54) is 6.07 Å². The minimum atomic E-state index is -0.722. The average Bonchev–Trinajstić information content (AvgIpc) is 2.40. The smallest absolute Gasteiger partial charge is 0.253 e. The second kappa shape index (κ2) is 5.83. The number of hydrogen-bond donors (Lipinski definition) is 2. The van der Waals surface area contributed by atoms with Gasteiger partial charge in [0.25, 0.3) is 5.91 Å². The van der Waals surface area contributed by atoms with Crippen molar-refractivity contribution in [2.75, 3.05) is 5.73 Å². The molecule has 0 bridgehead atoms. The summed E-state index contributed by atoms with van der Waals surface area (Å²) < 4.78 is 13.4. The number of hydrogen-bond acceptors (Lipinski definition) is 4. The van der Waals surface area contributed by atoms with Crippen LogP contribution in [0, 0.1) is 12.7 Å². The Morgan fingerprint density at radius 1 is 1.50 bits per heavy atom. The lowest BCUT2D eigenvalue weighted by atomic mass is 10.1. The molecule has 0 spiro atoms. The van der Waals surface area contributed by atoms with Crippen LogP contribution in [0.3, 0.4) is 0 Å². The molecule has 0 saturated heterocycles. The fourth-order valence-electron chi connectivity index (χ4n) is 1.64. The monoisotopic (exact) mass is 294 g/mol. The summed E-state index contributed by atoms with van der Waals surface area (Å²) in [4.78, 5) is 20.1. The Hall–Kier alpha value is -2.21. The van der Waals surface area contributed by atoms with Crippen molar-refractivity contribution in [1.82, 2.24) is 15.3 Å². The standard InChI is InChI=1S/C13H12ClFN4O/c1-7-17-3-2-9(19-7)6-18-13(20)10-4-8(14)5-11(15)12(10)16/h2-5H,6,16H2,1H3,(H,18,20). The first kappa shape index (κ1) is 14.2. The second-order valence-corrected chi connectivity index (χ2v) is 4.56. The highest BCUT2D eigenvalue weighted by Crippen LogP contribution is 2.22. The zero-order valence-electron chi connectivity index (χ0n) is 10.7. The van der Waals surface area contributed by atoms with Crippen molar-refractivity contribution in [3.05, 3.63) is 52.3 Å². The molecule has 0 unspecified atom stereocenters. The molecule has 0 fully saturated rings. The van der Waals surface area contributed by atoms with E-state index in [2.05, 4.69) is 15.3 Å². The largest absolute Gasteiger partial charge is 0.396 e. The molecule has 0 radical (unpaired) electrons. The van der Waals surface area contributed by atoms with Crippen LogP contribution in [0.2, 0.25) is 5.02 Å². The molecule has 1 amide bonds. The van der Waals surface area contributed by atoms with Gasteiger partial charge in [-0.15, -0.1) is 0 Å². The average molecular weight is 295 g/mol. The van der Waals surface area contributed by atoms with Crippen molar-refractivity contribution in [2.24, 2.45) is 0 Å². The maximum Gasteiger partial charge on any atom is 0.253 e. The van der Waals surface area contributed by atoms with Crippen LogP contribution < -0.4 is 11.1 Å². The van der Waals surface area contributed by atoms with Gasteiger partial charge in [-0.3, -0.25) is 4.79 Å². The van der Waals surface area contributed by atoms with Gasteiger partial charge in [0.1, 0.15) is 11.6 Å². The molecule has 2 rings (SSSR count). The number of aryl methyl sites for hydroxylation is 1. The zero-order chi connectivity index (χ0) is 14.7. The van der Waals surface area contributed by atoms with Crippen LogP contribution in [0.4, 0.5) is 10.1 Å². The van der Waals surface area contributed by atoms with E-state index in [1.807, 2.05) is 0 Å². The van der Waals surface area contributed by atoms with Gasteiger partial charge in [-0.25, -0.2) is 14.4 Å². The summed E-state index contributed by atoms with van der Waals surface area (Å²) >= 11 is 5.71. The molecule has 1 aromatic carbocycles. The molecule has 0 aliphatic rings. The third-order valence-electron chi connectivity index (χ3n) is 2.60. The molecule has 0 saturated carbocycles. The summed E-state index contributed by atoms with van der Waals surface area (Å²) in [7, 11) is 0. The molecule has 0 aliphatic carbocycles. The van der Waals surface area contributed by atoms with Crippen molar-refractivity contribution in [1.29, 1.82) is 0 Å². The number of anilines is 1. The van der Waals surface area contributed by atoms with Gasteiger partial charge in [-0.1, -0.05) is 11.6 Å². The number of carbonyl (C=O) groups is 1. The highest BCUT2D eigenvalue weighted by Gasteiger charge is 2.14. The Morgan fingerprint density at radius 2 is 2.25 bits per heavy atom. The van der Waals surface area contributed by atoms with Crippen LogP contribution in [-0.2, 0) is 6.54 Å². The van der Waals surface area contributed by atoms with Gasteiger partial charge in [0, 0.05) is 11.2 Å². The second-order valence-electron chi connectivity index (χ2n) is 4.13. The Bertz CT molecular complexity index is 663. The lowest BCUT2D eigenvalue weighted by molar-refractivity contribution is 0.0951. The number of aromatic nitrogens is 2. The number of rotatable bonds is 3. The minimum Gasteiger partial charge on any atom is -0.396 e. The van der Waals surface area contributed by atoms with Crippen molar-refractivity contribution in [3.63, 3.8) is 0 Å². The van der Waals surface area contributed by atoms with Gasteiger partial charge in [0.15, 0.2) is 0 Å². The van der Waals surface area contributed by atoms with Crippen LogP contribution in [0.1, 0.15) is 21.9 Å². The highest BCUT2D eigenvalue weighted by atomic mass is 35.5. The molecular formula is C13H12ClFN4O. The molecule has 2 aromatic rings. The van der Waals surface area contributed by atoms with E-state index >= 15 is 0 Å². The lowest BCUT2D eigenvalue weighted by Gasteiger charge is -2.08. The van der Waals surface area contributed by atoms with Crippen LogP contribution in [-0.4, -0.2) is 15.9 Å². The Labute approximate surface area is 120 Å². The van der Waals surface area contributed by atoms with E-state index in [0.29, 0.717) is 11.5 Å². The number of nitrogen functional groups attached to an aromatic ring is 1. The number of halogens is 2. The van der Waals surface area contributed by atoms with Crippen LogP contribution in [0.15, 0.2) is 24.4 Å². The molecule has 3 N–H and O–H groups in total. The molecule has 20 heavy (non-hydrogen) atoms. The van der Waals surface area contributed by atoms with E-state index < -0.39 is 11.7 Å². The quantitative estimate of drug-likeness (QED) is 0.849. The van der Waals surface area contributed by atoms with E-state index in [9.17, 15) is 9.18 Å². The summed E-state index contributed by atoms with van der Waals surface area (Å²) in [6, 6.07) is 4.05. The van der Waals surface area contributed by atoms with E-state index in [-0.39, 0.29) is 22.8 Å². The first-order chi connectivity index (χ1) is 9.47. The lowest BCUT2D eigenvalue weighted by Crippen LogP contribution is -2.24. The van der Waals surface area contributed by atoms with Gasteiger partial charge in [-0.2, -0.15) is 0 Å². The Balaban J connectivity index is 2.13. The van der Waals surface area contributed by atoms with Gasteiger partial charge in [0.05, 0.1) is 23.5 Å². The summed E-state index contributed by atoms with van der Waals surface area (Å²) in [6.07, 6.45) is 1.59. The third kappa shape index (κ3) is 3.21. The maximum absolute atomic E-state index is 13.4. The predicted molar refractivity (Wildman–Crippen MR) is 73.8 cm³/mol.